The van der Waals surface area contributed by atoms with E-state index < -0.39 is 71.8 Å². The fourth-order valence-corrected chi connectivity index (χ4v) is 5.56. The van der Waals surface area contributed by atoms with Crippen molar-refractivity contribution in [3.05, 3.63) is 28.4 Å². The molecule has 0 spiro atoms. The summed E-state index contributed by atoms with van der Waals surface area (Å²) >= 11 is 0. The van der Waals surface area contributed by atoms with E-state index in [2.05, 4.69) is 18.1 Å². The molecule has 2 rings (SSSR count). The number of aromatic nitrogens is 2. The van der Waals surface area contributed by atoms with Gasteiger partial charge in [-0.1, -0.05) is 0 Å². The topological polar surface area (TPSA) is 287 Å². The zero-order valence-corrected chi connectivity index (χ0v) is 17.5. The van der Waals surface area contributed by atoms with Gasteiger partial charge in [-0.05, 0) is 0 Å². The Balaban J connectivity index is 2.23. The zero-order chi connectivity index (χ0) is 23.8. The molecule has 0 aromatic carbocycles. The second-order valence-electron chi connectivity index (χ2n) is 5.79. The quantitative estimate of drug-likeness (QED) is 0.166. The lowest BCUT2D eigenvalue weighted by atomic mass is 10.1. The second-order valence-corrected chi connectivity index (χ2v) is 10.2. The number of carbonyl (C=O) groups excluding carboxylic acids is 1. The molecule has 4 atom stereocenters. The van der Waals surface area contributed by atoms with Crippen LogP contribution in [-0.2, 0) is 31.6 Å². The summed E-state index contributed by atoms with van der Waals surface area (Å²) in [5, 5.41) is 20.2. The average Bonchev–Trinajstić information content (AvgIpc) is 2.85. The van der Waals surface area contributed by atoms with Crippen molar-refractivity contribution in [3.8, 4) is 0 Å². The molecule has 176 valence electrons. The summed E-state index contributed by atoms with van der Waals surface area (Å²) in [5.41, 5.74) is 3.17. The normalized spacial score (nSPS) is 25.0. The molecule has 1 saturated heterocycles. The van der Waals surface area contributed by atoms with Crippen LogP contribution in [0.5, 0.6) is 0 Å². The maximum absolute atomic E-state index is 12.2. The van der Waals surface area contributed by atoms with E-state index >= 15 is 0 Å². The van der Waals surface area contributed by atoms with Gasteiger partial charge in [0.05, 0.1) is 6.61 Å². The maximum atomic E-state index is 12.2. The Morgan fingerprint density at radius 2 is 1.68 bits per heavy atom. The fourth-order valence-electron chi connectivity index (χ4n) is 2.38. The summed E-state index contributed by atoms with van der Waals surface area (Å²) in [7, 11) is -16.9. The molecule has 18 nitrogen and oxygen atoms in total. The van der Waals surface area contributed by atoms with Crippen LogP contribution in [-0.4, -0.2) is 70.2 Å². The highest BCUT2D eigenvalue weighted by Crippen LogP contribution is 2.67. The standard InChI is InChI=1S/C10H16N3O15P3/c11-8(16)5-9(17)13(2-1-12-5)10-7(15)6(14)4(26-10)3-25-31(24,27-29(18,19)20)28-30(21,22)23/h1-2,4,6-7,10,14-15H,3H2,(H2,11,16)(H2,18,19,20)(H2,21,22,23)/t4-,6+,7-,10-/m1/s1. The van der Waals surface area contributed by atoms with Gasteiger partial charge < -0.3 is 40.3 Å². The number of nitrogens with two attached hydrogens (primary N) is 1. The number of hydrogen-bond donors (Lipinski definition) is 7. The van der Waals surface area contributed by atoms with Gasteiger partial charge in [0.25, 0.3) is 11.5 Å². The fraction of sp³-hybridized carbons (Fsp3) is 0.500. The molecule has 0 unspecified atom stereocenters. The van der Waals surface area contributed by atoms with Gasteiger partial charge in [0.15, 0.2) is 11.9 Å². The number of rotatable bonds is 9. The lowest BCUT2D eigenvalue weighted by Gasteiger charge is -2.21. The highest BCUT2D eigenvalue weighted by Gasteiger charge is 2.48. The average molecular weight is 511 g/mol. The van der Waals surface area contributed by atoms with Crippen LogP contribution < -0.4 is 11.3 Å². The largest absolute Gasteiger partial charge is 0.492 e. The number of aliphatic hydroxyl groups excluding tert-OH is 2. The molecule has 1 aliphatic rings. The molecule has 0 saturated carbocycles. The van der Waals surface area contributed by atoms with Crippen LogP contribution in [0, 0.1) is 0 Å². The van der Waals surface area contributed by atoms with E-state index in [-0.39, 0.29) is 0 Å². The first-order valence-corrected chi connectivity index (χ1v) is 12.2. The summed E-state index contributed by atoms with van der Waals surface area (Å²) < 4.78 is 51.5. The van der Waals surface area contributed by atoms with Crippen molar-refractivity contribution >= 4 is 29.4 Å². The van der Waals surface area contributed by atoms with Crippen molar-refractivity contribution in [1.82, 2.24) is 9.55 Å². The number of aliphatic hydroxyl groups is 2. The number of phosphoric acid groups is 3. The van der Waals surface area contributed by atoms with E-state index in [4.69, 9.17) is 30.0 Å². The molecule has 1 fully saturated rings. The molecule has 2 heterocycles. The van der Waals surface area contributed by atoms with Crippen LogP contribution in [0.4, 0.5) is 0 Å². The Bertz CT molecular complexity index is 1000. The summed E-state index contributed by atoms with van der Waals surface area (Å²) in [4.78, 5) is 61.8. The van der Waals surface area contributed by atoms with Crippen LogP contribution in [0.1, 0.15) is 16.7 Å². The molecule has 31 heavy (non-hydrogen) atoms. The molecule has 1 aromatic rings. The van der Waals surface area contributed by atoms with E-state index in [9.17, 15) is 33.5 Å². The van der Waals surface area contributed by atoms with Crippen molar-refractivity contribution < 1.29 is 66.2 Å². The van der Waals surface area contributed by atoms with Crippen molar-refractivity contribution in [2.75, 3.05) is 6.61 Å². The first kappa shape index (κ1) is 25.9. The molecule has 21 heteroatoms. The van der Waals surface area contributed by atoms with Gasteiger partial charge in [0.2, 0.25) is 0 Å². The van der Waals surface area contributed by atoms with Gasteiger partial charge in [-0.3, -0.25) is 18.7 Å². The zero-order valence-electron chi connectivity index (χ0n) is 14.8. The number of ether oxygens (including phenoxy) is 1. The van der Waals surface area contributed by atoms with E-state index in [1.165, 1.54) is 0 Å². The van der Waals surface area contributed by atoms with E-state index in [0.717, 1.165) is 12.4 Å². The Hall–Kier alpha value is -1.36. The van der Waals surface area contributed by atoms with Crippen molar-refractivity contribution in [1.29, 1.82) is 0 Å². The molecule has 8 N–H and O–H groups in total. The molecule has 0 radical (unpaired) electrons. The third-order valence-electron chi connectivity index (χ3n) is 3.52. The third kappa shape index (κ3) is 6.81. The van der Waals surface area contributed by atoms with Crippen LogP contribution >= 0.6 is 23.5 Å². The predicted octanol–water partition coefficient (Wildman–Crippen LogP) is -2.70. The van der Waals surface area contributed by atoms with Crippen LogP contribution in [0.15, 0.2) is 17.2 Å². The minimum Gasteiger partial charge on any atom is -0.387 e. The number of nitrogens with zero attached hydrogens (tertiary/aromatic N) is 2. The van der Waals surface area contributed by atoms with E-state index in [0.29, 0.717) is 4.57 Å². The van der Waals surface area contributed by atoms with Gasteiger partial charge in [0.1, 0.15) is 18.3 Å². The molecule has 1 aromatic heterocycles. The number of primary amides is 1. The number of carbonyl (C=O) groups is 1. The minimum atomic E-state index is -5.65. The number of amides is 1. The third-order valence-corrected chi connectivity index (χ3v) is 7.29. The van der Waals surface area contributed by atoms with Crippen molar-refractivity contribution in [2.24, 2.45) is 5.73 Å². The summed E-state index contributed by atoms with van der Waals surface area (Å²) in [5.74, 6) is -1.20. The maximum Gasteiger partial charge on any atom is 0.492 e. The predicted molar refractivity (Wildman–Crippen MR) is 92.8 cm³/mol. The van der Waals surface area contributed by atoms with Gasteiger partial charge in [-0.15, -0.1) is 0 Å². The Morgan fingerprint density at radius 1 is 1.13 bits per heavy atom. The molecule has 0 aliphatic carbocycles. The smallest absolute Gasteiger partial charge is 0.387 e. The molecule has 0 bridgehead atoms. The van der Waals surface area contributed by atoms with E-state index in [1.807, 2.05) is 0 Å². The lowest BCUT2D eigenvalue weighted by molar-refractivity contribution is -0.0537. The highest BCUT2D eigenvalue weighted by atomic mass is 31.3. The van der Waals surface area contributed by atoms with Gasteiger partial charge in [0, 0.05) is 12.4 Å². The Morgan fingerprint density at radius 3 is 2.16 bits per heavy atom. The minimum absolute atomic E-state index is 0.638. The van der Waals surface area contributed by atoms with E-state index in [1.54, 1.807) is 0 Å². The number of hydrogen-bond acceptors (Lipinski definition) is 12. The van der Waals surface area contributed by atoms with Crippen LogP contribution in [0.25, 0.3) is 0 Å². The Kier molecular flexibility index (Phi) is 7.73. The summed E-state index contributed by atoms with van der Waals surface area (Å²) in [6.45, 7) is -1.16. The highest BCUT2D eigenvalue weighted by molar-refractivity contribution is 7.66. The van der Waals surface area contributed by atoms with Crippen LogP contribution in [0.3, 0.4) is 0 Å². The monoisotopic (exact) mass is 511 g/mol. The van der Waals surface area contributed by atoms with Gasteiger partial charge in [-0.2, -0.15) is 8.62 Å². The SMILES string of the molecule is NC(=O)c1nccn([C@@H]2O[C@H](COP(=O)(OP(=O)(O)O)OP(=O)(O)O)[C@H](O)[C@H]2O)c1=O. The van der Waals surface area contributed by atoms with Crippen molar-refractivity contribution in [2.45, 2.75) is 24.5 Å². The van der Waals surface area contributed by atoms with Gasteiger partial charge in [-0.25, -0.2) is 18.7 Å². The molecule has 1 aliphatic heterocycles. The van der Waals surface area contributed by atoms with Crippen LogP contribution in [0.2, 0.25) is 0 Å². The second kappa shape index (κ2) is 9.25. The Labute approximate surface area is 171 Å². The first-order valence-electron chi connectivity index (χ1n) is 7.70. The molecular formula is C10H16N3O15P3. The van der Waals surface area contributed by atoms with Crippen molar-refractivity contribution in [3.63, 3.8) is 0 Å². The molecule has 1 amide bonds. The summed E-state index contributed by atoms with van der Waals surface area (Å²) in [6.07, 6.45) is -5.17. The lowest BCUT2D eigenvalue weighted by Crippen LogP contribution is -2.38. The van der Waals surface area contributed by atoms with Gasteiger partial charge >= 0.3 is 23.5 Å². The summed E-state index contributed by atoms with van der Waals surface area (Å²) in [6, 6.07) is 0. The first-order chi connectivity index (χ1) is 14.0. The molecular weight excluding hydrogens is 495 g/mol.